The van der Waals surface area contributed by atoms with Gasteiger partial charge in [-0.05, 0) is 12.8 Å². The third-order valence-electron chi connectivity index (χ3n) is 3.31. The van der Waals surface area contributed by atoms with Crippen molar-refractivity contribution in [3.8, 4) is 0 Å². The first kappa shape index (κ1) is 10.4. The number of hydrogen-bond donors (Lipinski definition) is 0. The largest absolute Gasteiger partial charge is 0.338 e. The Labute approximate surface area is 99.3 Å². The zero-order chi connectivity index (χ0) is 11.8. The Bertz CT molecular complexity index is 573. The highest BCUT2D eigenvalue weighted by molar-refractivity contribution is 4.94. The molecule has 90 valence electrons. The standard InChI is InChI=1S/C12H16N4O/c1-14-7-5-13-11(14)4-6-15-8-9-16(12(15)17)10-2-3-10/h5,7-10H,2-4,6H2,1H3. The van der Waals surface area contributed by atoms with Crippen molar-refractivity contribution in [2.24, 2.45) is 7.05 Å². The quantitative estimate of drug-likeness (QED) is 0.788. The lowest BCUT2D eigenvalue weighted by Crippen LogP contribution is -2.24. The molecular formula is C12H16N4O. The number of hydrogen-bond acceptors (Lipinski definition) is 2. The maximum Gasteiger partial charge on any atom is 0.328 e. The summed E-state index contributed by atoms with van der Waals surface area (Å²) in [5, 5.41) is 0. The maximum atomic E-state index is 12.0. The van der Waals surface area contributed by atoms with E-state index >= 15 is 0 Å². The van der Waals surface area contributed by atoms with E-state index in [0.29, 0.717) is 12.6 Å². The molecule has 5 nitrogen and oxygen atoms in total. The van der Waals surface area contributed by atoms with Crippen molar-refractivity contribution in [3.63, 3.8) is 0 Å². The summed E-state index contributed by atoms with van der Waals surface area (Å²) in [6, 6.07) is 0.455. The van der Waals surface area contributed by atoms with Crippen LogP contribution in [0.5, 0.6) is 0 Å². The highest BCUT2D eigenvalue weighted by Gasteiger charge is 2.25. The van der Waals surface area contributed by atoms with Gasteiger partial charge in [0.25, 0.3) is 0 Å². The van der Waals surface area contributed by atoms with Gasteiger partial charge in [0.15, 0.2) is 0 Å². The van der Waals surface area contributed by atoms with Gasteiger partial charge in [-0.25, -0.2) is 9.78 Å². The highest BCUT2D eigenvalue weighted by Crippen LogP contribution is 2.33. The lowest BCUT2D eigenvalue weighted by Gasteiger charge is -2.02. The summed E-state index contributed by atoms with van der Waals surface area (Å²) >= 11 is 0. The molecule has 0 aromatic carbocycles. The van der Waals surface area contributed by atoms with Crippen LogP contribution in [0.4, 0.5) is 0 Å². The molecule has 1 aliphatic rings. The van der Waals surface area contributed by atoms with Gasteiger partial charge >= 0.3 is 5.69 Å². The van der Waals surface area contributed by atoms with Crippen LogP contribution in [0.2, 0.25) is 0 Å². The van der Waals surface area contributed by atoms with Crippen LogP contribution < -0.4 is 5.69 Å². The van der Waals surface area contributed by atoms with Gasteiger partial charge in [-0.3, -0.25) is 9.13 Å². The van der Waals surface area contributed by atoms with E-state index < -0.39 is 0 Å². The monoisotopic (exact) mass is 232 g/mol. The van der Waals surface area contributed by atoms with E-state index in [9.17, 15) is 4.79 Å². The molecule has 0 spiro atoms. The van der Waals surface area contributed by atoms with Crippen molar-refractivity contribution < 1.29 is 0 Å². The summed E-state index contributed by atoms with van der Waals surface area (Å²) in [6.07, 6.45) is 10.6. The van der Waals surface area contributed by atoms with Crippen LogP contribution in [0.3, 0.4) is 0 Å². The molecule has 0 radical (unpaired) electrons. The lowest BCUT2D eigenvalue weighted by atomic mass is 10.4. The molecule has 2 heterocycles. The van der Waals surface area contributed by atoms with Crippen molar-refractivity contribution in [3.05, 3.63) is 41.1 Å². The molecule has 0 aliphatic heterocycles. The molecule has 1 fully saturated rings. The molecule has 2 aromatic heterocycles. The van der Waals surface area contributed by atoms with Crippen molar-refractivity contribution >= 4 is 0 Å². The maximum absolute atomic E-state index is 12.0. The second-order valence-corrected chi connectivity index (χ2v) is 4.62. The number of aryl methyl sites for hydroxylation is 3. The smallest absolute Gasteiger partial charge is 0.328 e. The fourth-order valence-corrected chi connectivity index (χ4v) is 2.09. The van der Waals surface area contributed by atoms with E-state index in [1.807, 2.05) is 34.8 Å². The summed E-state index contributed by atoms with van der Waals surface area (Å²) < 4.78 is 5.61. The summed E-state index contributed by atoms with van der Waals surface area (Å²) in [5.41, 5.74) is 0.113. The van der Waals surface area contributed by atoms with E-state index in [0.717, 1.165) is 25.1 Å². The van der Waals surface area contributed by atoms with E-state index in [-0.39, 0.29) is 5.69 Å². The van der Waals surface area contributed by atoms with E-state index in [2.05, 4.69) is 4.98 Å². The highest BCUT2D eigenvalue weighted by atomic mass is 16.1. The van der Waals surface area contributed by atoms with Gasteiger partial charge in [0, 0.05) is 50.8 Å². The summed E-state index contributed by atoms with van der Waals surface area (Å²) in [4.78, 5) is 16.2. The molecule has 0 N–H and O–H groups in total. The molecule has 0 saturated heterocycles. The second kappa shape index (κ2) is 3.91. The first-order chi connectivity index (χ1) is 8.25. The number of nitrogens with zero attached hydrogens (tertiary/aromatic N) is 4. The van der Waals surface area contributed by atoms with Gasteiger partial charge < -0.3 is 4.57 Å². The second-order valence-electron chi connectivity index (χ2n) is 4.62. The van der Waals surface area contributed by atoms with E-state index in [1.165, 1.54) is 0 Å². The third kappa shape index (κ3) is 1.92. The average Bonchev–Trinajstić information content (AvgIpc) is 2.98. The third-order valence-corrected chi connectivity index (χ3v) is 3.31. The zero-order valence-electron chi connectivity index (χ0n) is 9.91. The van der Waals surface area contributed by atoms with Gasteiger partial charge in [0.1, 0.15) is 5.82 Å². The van der Waals surface area contributed by atoms with Crippen LogP contribution in [0.1, 0.15) is 24.7 Å². The molecule has 1 aliphatic carbocycles. The summed E-state index contributed by atoms with van der Waals surface area (Å²) in [6.45, 7) is 0.698. The molecule has 3 rings (SSSR count). The minimum Gasteiger partial charge on any atom is -0.338 e. The first-order valence-electron chi connectivity index (χ1n) is 5.99. The van der Waals surface area contributed by atoms with Crippen LogP contribution in [0.25, 0.3) is 0 Å². The number of imidazole rings is 2. The molecular weight excluding hydrogens is 216 g/mol. The fourth-order valence-electron chi connectivity index (χ4n) is 2.09. The topological polar surface area (TPSA) is 44.8 Å². The molecule has 0 amide bonds. The zero-order valence-corrected chi connectivity index (χ0v) is 9.91. The SMILES string of the molecule is Cn1ccnc1CCn1ccn(C2CC2)c1=O. The Morgan fingerprint density at radius 1 is 1.35 bits per heavy atom. The predicted octanol–water partition coefficient (Wildman–Crippen LogP) is 0.961. The van der Waals surface area contributed by atoms with Gasteiger partial charge in [0.2, 0.25) is 0 Å². The number of aromatic nitrogens is 4. The molecule has 0 bridgehead atoms. The lowest BCUT2D eigenvalue weighted by molar-refractivity contribution is 0.600. The van der Waals surface area contributed by atoms with Crippen LogP contribution in [0.15, 0.2) is 29.6 Å². The van der Waals surface area contributed by atoms with E-state index in [4.69, 9.17) is 0 Å². The fraction of sp³-hybridized carbons (Fsp3) is 0.500. The van der Waals surface area contributed by atoms with Crippen molar-refractivity contribution in [1.29, 1.82) is 0 Å². The van der Waals surface area contributed by atoms with Crippen LogP contribution in [-0.4, -0.2) is 18.7 Å². The summed E-state index contributed by atoms with van der Waals surface area (Å²) in [5.74, 6) is 1.01. The molecule has 17 heavy (non-hydrogen) atoms. The average molecular weight is 232 g/mol. The Morgan fingerprint density at radius 3 is 2.82 bits per heavy atom. The van der Waals surface area contributed by atoms with Crippen molar-refractivity contribution in [1.82, 2.24) is 18.7 Å². The van der Waals surface area contributed by atoms with Crippen LogP contribution in [-0.2, 0) is 20.0 Å². The van der Waals surface area contributed by atoms with Crippen LogP contribution >= 0.6 is 0 Å². The Kier molecular flexibility index (Phi) is 2.39. The molecule has 0 unspecified atom stereocenters. The van der Waals surface area contributed by atoms with Gasteiger partial charge in [0.05, 0.1) is 0 Å². The minimum atomic E-state index is 0.113. The molecule has 0 atom stereocenters. The van der Waals surface area contributed by atoms with Crippen molar-refractivity contribution in [2.75, 3.05) is 0 Å². The Hall–Kier alpha value is -1.78. The Morgan fingerprint density at radius 2 is 2.18 bits per heavy atom. The van der Waals surface area contributed by atoms with Gasteiger partial charge in [-0.1, -0.05) is 0 Å². The predicted molar refractivity (Wildman–Crippen MR) is 63.9 cm³/mol. The van der Waals surface area contributed by atoms with E-state index in [1.54, 1.807) is 10.8 Å². The van der Waals surface area contributed by atoms with Gasteiger partial charge in [-0.2, -0.15) is 0 Å². The molecule has 5 heteroatoms. The summed E-state index contributed by atoms with van der Waals surface area (Å²) in [7, 11) is 1.97. The van der Waals surface area contributed by atoms with Crippen molar-refractivity contribution in [2.45, 2.75) is 31.8 Å². The first-order valence-corrected chi connectivity index (χ1v) is 5.99. The molecule has 1 saturated carbocycles. The minimum absolute atomic E-state index is 0.113. The number of rotatable bonds is 4. The van der Waals surface area contributed by atoms with Crippen LogP contribution in [0, 0.1) is 0 Å². The molecule has 2 aromatic rings. The van der Waals surface area contributed by atoms with Gasteiger partial charge in [-0.15, -0.1) is 0 Å². The Balaban J connectivity index is 1.73. The normalized spacial score (nSPS) is 15.4.